The smallest absolute Gasteiger partial charge is 0.407 e. The van der Waals surface area contributed by atoms with Crippen molar-refractivity contribution in [2.24, 2.45) is 0 Å². The Balaban J connectivity index is 2.42. The normalized spacial score (nSPS) is 11.6. The predicted molar refractivity (Wildman–Crippen MR) is 71.9 cm³/mol. The summed E-state index contributed by atoms with van der Waals surface area (Å²) in [7, 11) is 0. The molecule has 1 N–H and O–H groups in total. The number of hydrogen-bond donors (Lipinski definition) is 1. The van der Waals surface area contributed by atoms with Gasteiger partial charge in [0.15, 0.2) is 0 Å². The van der Waals surface area contributed by atoms with Crippen LogP contribution in [-0.2, 0) is 4.74 Å². The molecule has 0 saturated heterocycles. The third kappa shape index (κ3) is 5.04. The van der Waals surface area contributed by atoms with Crippen molar-refractivity contribution in [1.82, 2.24) is 5.32 Å². The minimum absolute atomic E-state index is 0.258. The SMILES string of the molecule is C=CCCNC(=O)O[C@H](C)c1ccc(Br)cc1. The van der Waals surface area contributed by atoms with Gasteiger partial charge in [-0.3, -0.25) is 0 Å². The highest BCUT2D eigenvalue weighted by Crippen LogP contribution is 2.19. The van der Waals surface area contributed by atoms with Gasteiger partial charge in [0, 0.05) is 11.0 Å². The molecule has 0 saturated carbocycles. The summed E-state index contributed by atoms with van der Waals surface area (Å²) in [5.74, 6) is 0. The molecule has 3 nitrogen and oxygen atoms in total. The number of rotatable bonds is 5. The monoisotopic (exact) mass is 297 g/mol. The van der Waals surface area contributed by atoms with Crippen LogP contribution in [0.1, 0.15) is 25.0 Å². The van der Waals surface area contributed by atoms with Crippen LogP contribution in [0.25, 0.3) is 0 Å². The highest BCUT2D eigenvalue weighted by atomic mass is 79.9. The van der Waals surface area contributed by atoms with Gasteiger partial charge in [-0.15, -0.1) is 6.58 Å². The van der Waals surface area contributed by atoms with Gasteiger partial charge in [-0.25, -0.2) is 4.79 Å². The van der Waals surface area contributed by atoms with E-state index in [1.54, 1.807) is 6.08 Å². The summed E-state index contributed by atoms with van der Waals surface area (Å²) in [6, 6.07) is 7.69. The average Bonchev–Trinajstić information content (AvgIpc) is 2.30. The lowest BCUT2D eigenvalue weighted by atomic mass is 10.1. The second-order valence-electron chi connectivity index (χ2n) is 3.60. The first kappa shape index (κ1) is 13.8. The molecule has 0 aliphatic carbocycles. The van der Waals surface area contributed by atoms with Gasteiger partial charge in [0.05, 0.1) is 0 Å². The average molecular weight is 298 g/mol. The van der Waals surface area contributed by atoms with Crippen LogP contribution in [0.4, 0.5) is 4.79 Å². The number of ether oxygens (including phenoxy) is 1. The Morgan fingerprint density at radius 1 is 1.53 bits per heavy atom. The van der Waals surface area contributed by atoms with E-state index in [2.05, 4.69) is 27.8 Å². The molecule has 1 atom stereocenters. The third-order valence-corrected chi connectivity index (χ3v) is 2.77. The Labute approximate surface area is 110 Å². The molecule has 0 aliphatic heterocycles. The number of hydrogen-bond acceptors (Lipinski definition) is 2. The first-order valence-corrected chi connectivity index (χ1v) is 6.23. The zero-order valence-electron chi connectivity index (χ0n) is 9.78. The lowest BCUT2D eigenvalue weighted by Gasteiger charge is -2.14. The maximum absolute atomic E-state index is 11.4. The summed E-state index contributed by atoms with van der Waals surface area (Å²) in [4.78, 5) is 11.4. The van der Waals surface area contributed by atoms with E-state index in [9.17, 15) is 4.79 Å². The van der Waals surface area contributed by atoms with Crippen molar-refractivity contribution in [3.05, 3.63) is 47.0 Å². The van der Waals surface area contributed by atoms with E-state index in [4.69, 9.17) is 4.74 Å². The number of nitrogens with one attached hydrogen (secondary N) is 1. The first-order valence-electron chi connectivity index (χ1n) is 5.44. The van der Waals surface area contributed by atoms with E-state index < -0.39 is 6.09 Å². The van der Waals surface area contributed by atoms with Crippen molar-refractivity contribution in [3.63, 3.8) is 0 Å². The number of halogens is 1. The highest BCUT2D eigenvalue weighted by molar-refractivity contribution is 9.10. The van der Waals surface area contributed by atoms with Gasteiger partial charge in [-0.2, -0.15) is 0 Å². The summed E-state index contributed by atoms with van der Waals surface area (Å²) in [5, 5.41) is 2.65. The summed E-state index contributed by atoms with van der Waals surface area (Å²) < 4.78 is 6.23. The molecule has 0 radical (unpaired) electrons. The lowest BCUT2D eigenvalue weighted by molar-refractivity contribution is 0.107. The molecule has 1 aromatic carbocycles. The van der Waals surface area contributed by atoms with E-state index in [1.165, 1.54) is 0 Å². The van der Waals surface area contributed by atoms with Crippen molar-refractivity contribution in [2.45, 2.75) is 19.4 Å². The fraction of sp³-hybridized carbons (Fsp3) is 0.308. The maximum Gasteiger partial charge on any atom is 0.407 e. The van der Waals surface area contributed by atoms with Gasteiger partial charge in [-0.05, 0) is 31.0 Å². The van der Waals surface area contributed by atoms with Crippen LogP contribution in [0, 0.1) is 0 Å². The maximum atomic E-state index is 11.4. The second kappa shape index (κ2) is 7.12. The third-order valence-electron chi connectivity index (χ3n) is 2.24. The Morgan fingerprint density at radius 2 is 2.18 bits per heavy atom. The standard InChI is InChI=1S/C13H16BrNO2/c1-3-4-9-15-13(16)17-10(2)11-5-7-12(14)8-6-11/h3,5-8,10H,1,4,9H2,2H3,(H,15,16)/t10-/m1/s1. The molecular formula is C13H16BrNO2. The van der Waals surface area contributed by atoms with Crippen molar-refractivity contribution in [3.8, 4) is 0 Å². The topological polar surface area (TPSA) is 38.3 Å². The summed E-state index contributed by atoms with van der Waals surface area (Å²) in [5.41, 5.74) is 0.965. The molecule has 17 heavy (non-hydrogen) atoms. The molecule has 92 valence electrons. The Bertz CT molecular complexity index is 376. The quantitative estimate of drug-likeness (QED) is 0.663. The van der Waals surface area contributed by atoms with Crippen LogP contribution in [0.2, 0.25) is 0 Å². The van der Waals surface area contributed by atoms with Gasteiger partial charge in [0.2, 0.25) is 0 Å². The zero-order valence-corrected chi connectivity index (χ0v) is 11.4. The fourth-order valence-electron chi connectivity index (χ4n) is 1.28. The first-order chi connectivity index (χ1) is 8.13. The molecule has 0 unspecified atom stereocenters. The van der Waals surface area contributed by atoms with Gasteiger partial charge in [0.25, 0.3) is 0 Å². The number of carbonyl (C=O) groups is 1. The fourth-order valence-corrected chi connectivity index (χ4v) is 1.54. The number of carbonyl (C=O) groups excluding carboxylic acids is 1. The molecule has 0 spiro atoms. The summed E-state index contributed by atoms with van der Waals surface area (Å²) in [6.07, 6.45) is 1.83. The molecular weight excluding hydrogens is 282 g/mol. The minimum atomic E-state index is -0.401. The molecule has 0 aromatic heterocycles. The van der Waals surface area contributed by atoms with Crippen molar-refractivity contribution in [2.75, 3.05) is 6.54 Å². The van der Waals surface area contributed by atoms with E-state index in [1.807, 2.05) is 31.2 Å². The molecule has 0 bridgehead atoms. The van der Waals surface area contributed by atoms with Crippen LogP contribution in [0.5, 0.6) is 0 Å². The van der Waals surface area contributed by atoms with E-state index in [-0.39, 0.29) is 6.10 Å². The summed E-state index contributed by atoms with van der Waals surface area (Å²) in [6.45, 7) is 5.97. The molecule has 0 fully saturated rings. The number of benzene rings is 1. The van der Waals surface area contributed by atoms with Crippen molar-refractivity contribution >= 4 is 22.0 Å². The molecule has 1 amide bonds. The van der Waals surface area contributed by atoms with Gasteiger partial charge in [0.1, 0.15) is 6.10 Å². The van der Waals surface area contributed by atoms with Gasteiger partial charge in [-0.1, -0.05) is 34.1 Å². The molecule has 0 aliphatic rings. The van der Waals surface area contributed by atoms with E-state index >= 15 is 0 Å². The molecule has 4 heteroatoms. The van der Waals surface area contributed by atoms with Crippen LogP contribution >= 0.6 is 15.9 Å². The Kier molecular flexibility index (Phi) is 5.77. The molecule has 1 aromatic rings. The van der Waals surface area contributed by atoms with Gasteiger partial charge < -0.3 is 10.1 Å². The van der Waals surface area contributed by atoms with Gasteiger partial charge >= 0.3 is 6.09 Å². The zero-order chi connectivity index (χ0) is 12.7. The minimum Gasteiger partial charge on any atom is -0.442 e. The number of alkyl carbamates (subject to hydrolysis) is 1. The van der Waals surface area contributed by atoms with Crippen LogP contribution in [-0.4, -0.2) is 12.6 Å². The highest BCUT2D eigenvalue weighted by Gasteiger charge is 2.10. The van der Waals surface area contributed by atoms with Crippen LogP contribution in [0.3, 0.4) is 0 Å². The van der Waals surface area contributed by atoms with E-state index in [0.29, 0.717) is 6.54 Å². The van der Waals surface area contributed by atoms with Crippen LogP contribution in [0.15, 0.2) is 41.4 Å². The van der Waals surface area contributed by atoms with Crippen LogP contribution < -0.4 is 5.32 Å². The summed E-state index contributed by atoms with van der Waals surface area (Å²) >= 11 is 3.36. The molecule has 1 rings (SSSR count). The predicted octanol–water partition coefficient (Wildman–Crippen LogP) is 3.81. The Hall–Kier alpha value is -1.29. The van der Waals surface area contributed by atoms with E-state index in [0.717, 1.165) is 16.5 Å². The Morgan fingerprint density at radius 3 is 2.76 bits per heavy atom. The largest absolute Gasteiger partial charge is 0.442 e. The number of amides is 1. The van der Waals surface area contributed by atoms with Crippen molar-refractivity contribution in [1.29, 1.82) is 0 Å². The second-order valence-corrected chi connectivity index (χ2v) is 4.52. The van der Waals surface area contributed by atoms with Crippen molar-refractivity contribution < 1.29 is 9.53 Å². The lowest BCUT2D eigenvalue weighted by Crippen LogP contribution is -2.26. The molecule has 0 heterocycles.